The van der Waals surface area contributed by atoms with Gasteiger partial charge in [0.1, 0.15) is 0 Å². The number of hydrogen-bond donors (Lipinski definition) is 1. The Morgan fingerprint density at radius 2 is 1.93 bits per heavy atom. The zero-order valence-corrected chi connectivity index (χ0v) is 10.7. The first-order chi connectivity index (χ1) is 6.92. The van der Waals surface area contributed by atoms with Crippen molar-refractivity contribution in [3.8, 4) is 0 Å². The minimum atomic E-state index is -0.476. The molecule has 1 rings (SSSR count). The molecule has 15 heavy (non-hydrogen) atoms. The highest BCUT2D eigenvalue weighted by atomic mass is 16.3. The second-order valence-corrected chi connectivity index (χ2v) is 5.73. The van der Waals surface area contributed by atoms with Crippen molar-refractivity contribution in [2.45, 2.75) is 65.4 Å². The Morgan fingerprint density at radius 1 is 1.27 bits per heavy atom. The van der Waals surface area contributed by atoms with Gasteiger partial charge in [-0.25, -0.2) is 0 Å². The number of unbranched alkanes of at least 4 members (excludes halogenated alkanes) is 1. The van der Waals surface area contributed by atoms with Gasteiger partial charge in [-0.3, -0.25) is 0 Å². The molecule has 0 aromatic heterocycles. The minimum absolute atomic E-state index is 0.0591. The van der Waals surface area contributed by atoms with Crippen LogP contribution in [0, 0.1) is 11.3 Å². The Kier molecular flexibility index (Phi) is 3.99. The van der Waals surface area contributed by atoms with E-state index in [0.29, 0.717) is 5.92 Å². The van der Waals surface area contributed by atoms with Crippen molar-refractivity contribution >= 4 is 0 Å². The summed E-state index contributed by atoms with van der Waals surface area (Å²) in [7, 11) is 0. The van der Waals surface area contributed by atoms with E-state index in [4.69, 9.17) is 0 Å². The van der Waals surface area contributed by atoms with Gasteiger partial charge in [0.05, 0.1) is 5.60 Å². The highest BCUT2D eigenvalue weighted by Gasteiger charge is 2.49. The third kappa shape index (κ3) is 2.63. The van der Waals surface area contributed by atoms with Gasteiger partial charge in [0.15, 0.2) is 0 Å². The topological polar surface area (TPSA) is 20.2 Å². The van der Waals surface area contributed by atoms with Gasteiger partial charge >= 0.3 is 0 Å². The molecule has 88 valence electrons. The van der Waals surface area contributed by atoms with Crippen LogP contribution in [-0.4, -0.2) is 10.7 Å². The zero-order valence-electron chi connectivity index (χ0n) is 10.7. The molecule has 1 saturated carbocycles. The maximum Gasteiger partial charge on any atom is 0.0673 e. The Hall–Kier alpha value is -0.300. The molecular weight excluding hydrogens is 184 g/mol. The van der Waals surface area contributed by atoms with E-state index >= 15 is 0 Å². The zero-order chi connectivity index (χ0) is 11.5. The molecule has 2 unspecified atom stereocenters. The maximum absolute atomic E-state index is 10.3. The van der Waals surface area contributed by atoms with Crippen molar-refractivity contribution in [3.63, 3.8) is 0 Å². The van der Waals surface area contributed by atoms with E-state index in [-0.39, 0.29) is 5.41 Å². The molecule has 0 radical (unpaired) electrons. The van der Waals surface area contributed by atoms with E-state index in [1.54, 1.807) is 0 Å². The van der Waals surface area contributed by atoms with E-state index in [1.165, 1.54) is 12.8 Å². The molecule has 2 atom stereocenters. The summed E-state index contributed by atoms with van der Waals surface area (Å²) < 4.78 is 0. The molecule has 0 amide bonds. The average molecular weight is 210 g/mol. The fourth-order valence-corrected chi connectivity index (χ4v) is 2.54. The van der Waals surface area contributed by atoms with Crippen molar-refractivity contribution < 1.29 is 5.11 Å². The number of aliphatic hydroxyl groups is 1. The maximum atomic E-state index is 10.3. The summed E-state index contributed by atoms with van der Waals surface area (Å²) in [6, 6.07) is 0. The summed E-state index contributed by atoms with van der Waals surface area (Å²) in [4.78, 5) is 0. The van der Waals surface area contributed by atoms with Gasteiger partial charge in [-0.15, -0.1) is 0 Å². The fourth-order valence-electron chi connectivity index (χ4n) is 2.54. The molecule has 1 aliphatic carbocycles. The molecule has 1 heteroatoms. The van der Waals surface area contributed by atoms with Crippen LogP contribution in [0.5, 0.6) is 0 Å². The third-order valence-corrected chi connectivity index (χ3v) is 4.43. The molecule has 0 aromatic carbocycles. The second kappa shape index (κ2) is 4.69. The molecule has 0 spiro atoms. The molecule has 1 N–H and O–H groups in total. The predicted octanol–water partition coefficient (Wildman–Crippen LogP) is 3.92. The highest BCUT2D eigenvalue weighted by Crippen LogP contribution is 2.51. The number of rotatable bonds is 4. The van der Waals surface area contributed by atoms with E-state index in [9.17, 15) is 5.11 Å². The van der Waals surface area contributed by atoms with Gasteiger partial charge in [0, 0.05) is 0 Å². The molecule has 0 bridgehead atoms. The summed E-state index contributed by atoms with van der Waals surface area (Å²) in [5.41, 5.74) is -0.417. The first-order valence-electron chi connectivity index (χ1n) is 6.29. The van der Waals surface area contributed by atoms with E-state index in [2.05, 4.69) is 32.9 Å². The first kappa shape index (κ1) is 12.8. The van der Waals surface area contributed by atoms with Crippen molar-refractivity contribution in [1.82, 2.24) is 0 Å². The summed E-state index contributed by atoms with van der Waals surface area (Å²) in [6.07, 6.45) is 10.2. The van der Waals surface area contributed by atoms with Crippen molar-refractivity contribution in [2.75, 3.05) is 0 Å². The summed E-state index contributed by atoms with van der Waals surface area (Å²) in [6.45, 7) is 8.61. The Balaban J connectivity index is 2.51. The standard InChI is InChI=1S/C14H26O/c1-5-6-7-8-9-12-10-11-14(4,15)13(12,2)3/h7-8,12,15H,5-6,9-11H2,1-4H3. The number of hydrogen-bond acceptors (Lipinski definition) is 1. The van der Waals surface area contributed by atoms with Gasteiger partial charge < -0.3 is 5.11 Å². The van der Waals surface area contributed by atoms with Crippen LogP contribution in [-0.2, 0) is 0 Å². The molecule has 0 aromatic rings. The lowest BCUT2D eigenvalue weighted by Gasteiger charge is -2.37. The monoisotopic (exact) mass is 210 g/mol. The normalized spacial score (nSPS) is 35.1. The largest absolute Gasteiger partial charge is 0.390 e. The van der Waals surface area contributed by atoms with Gasteiger partial charge in [0.2, 0.25) is 0 Å². The molecule has 1 aliphatic rings. The lowest BCUT2D eigenvalue weighted by molar-refractivity contribution is -0.0418. The molecule has 1 nitrogen and oxygen atoms in total. The lowest BCUT2D eigenvalue weighted by atomic mass is 9.72. The van der Waals surface area contributed by atoms with Crippen LogP contribution in [0.2, 0.25) is 0 Å². The van der Waals surface area contributed by atoms with Crippen molar-refractivity contribution in [2.24, 2.45) is 11.3 Å². The first-order valence-corrected chi connectivity index (χ1v) is 6.29. The van der Waals surface area contributed by atoms with Gasteiger partial charge in [-0.05, 0) is 43.9 Å². The molecule has 0 saturated heterocycles. The van der Waals surface area contributed by atoms with Crippen LogP contribution in [0.25, 0.3) is 0 Å². The van der Waals surface area contributed by atoms with Gasteiger partial charge in [-0.2, -0.15) is 0 Å². The van der Waals surface area contributed by atoms with Crippen LogP contribution < -0.4 is 0 Å². The summed E-state index contributed by atoms with van der Waals surface area (Å²) >= 11 is 0. The van der Waals surface area contributed by atoms with Crippen LogP contribution in [0.3, 0.4) is 0 Å². The van der Waals surface area contributed by atoms with Gasteiger partial charge in [-0.1, -0.05) is 39.3 Å². The molecular formula is C14H26O. The van der Waals surface area contributed by atoms with Crippen LogP contribution >= 0.6 is 0 Å². The van der Waals surface area contributed by atoms with Crippen LogP contribution in [0.4, 0.5) is 0 Å². The number of allylic oxidation sites excluding steroid dienone is 2. The Morgan fingerprint density at radius 3 is 2.40 bits per heavy atom. The molecule has 1 fully saturated rings. The SMILES string of the molecule is CCCC=CCC1CCC(C)(O)C1(C)C. The van der Waals surface area contributed by atoms with E-state index < -0.39 is 5.60 Å². The van der Waals surface area contributed by atoms with Crippen LogP contribution in [0.1, 0.15) is 59.8 Å². The van der Waals surface area contributed by atoms with Crippen molar-refractivity contribution in [1.29, 1.82) is 0 Å². The second-order valence-electron chi connectivity index (χ2n) is 5.73. The minimum Gasteiger partial charge on any atom is -0.390 e. The summed E-state index contributed by atoms with van der Waals surface area (Å²) in [5, 5.41) is 10.3. The quantitative estimate of drug-likeness (QED) is 0.697. The van der Waals surface area contributed by atoms with E-state index in [1.807, 2.05) is 6.92 Å². The average Bonchev–Trinajstić information content (AvgIpc) is 2.34. The van der Waals surface area contributed by atoms with Crippen LogP contribution in [0.15, 0.2) is 12.2 Å². The smallest absolute Gasteiger partial charge is 0.0673 e. The van der Waals surface area contributed by atoms with Gasteiger partial charge in [0.25, 0.3) is 0 Å². The van der Waals surface area contributed by atoms with Crippen molar-refractivity contribution in [3.05, 3.63) is 12.2 Å². The predicted molar refractivity (Wildman–Crippen MR) is 65.8 cm³/mol. The van der Waals surface area contributed by atoms with E-state index in [0.717, 1.165) is 19.3 Å². The lowest BCUT2D eigenvalue weighted by Crippen LogP contribution is -2.39. The third-order valence-electron chi connectivity index (χ3n) is 4.43. The Bertz CT molecular complexity index is 225. The summed E-state index contributed by atoms with van der Waals surface area (Å²) in [5.74, 6) is 0.639. The molecule has 0 heterocycles. The molecule has 0 aliphatic heterocycles. The Labute approximate surface area is 94.6 Å². The fraction of sp³-hybridized carbons (Fsp3) is 0.857. The highest BCUT2D eigenvalue weighted by molar-refractivity contribution is 5.03.